The number of nitrogens with one attached hydrogen (secondary N) is 2. The Hall–Kier alpha value is -1.46. The van der Waals surface area contributed by atoms with Gasteiger partial charge in [0.15, 0.2) is 11.5 Å². The van der Waals surface area contributed by atoms with Crippen LogP contribution >= 0.6 is 12.4 Å². The van der Waals surface area contributed by atoms with Crippen molar-refractivity contribution in [1.29, 1.82) is 0 Å². The number of carbonyl (C=O) groups excluding carboxylic acids is 1. The predicted octanol–water partition coefficient (Wildman–Crippen LogP) is 2.84. The Balaban J connectivity index is 0.00000264. The number of amides is 1. The number of benzene rings is 1. The van der Waals surface area contributed by atoms with Crippen LogP contribution in [0.25, 0.3) is 0 Å². The average Bonchev–Trinajstić information content (AvgIpc) is 2.54. The smallest absolute Gasteiger partial charge is 0.240 e. The second-order valence-corrected chi connectivity index (χ2v) is 6.03. The van der Waals surface area contributed by atoms with Crippen LogP contribution in [0.2, 0.25) is 0 Å². The fraction of sp³-hybridized carbons (Fsp3) is 0.588. The van der Waals surface area contributed by atoms with Gasteiger partial charge in [0, 0.05) is 0 Å². The Kier molecular flexibility index (Phi) is 7.16. The highest BCUT2D eigenvalue weighted by Gasteiger charge is 2.34. The second-order valence-electron chi connectivity index (χ2n) is 6.03. The molecule has 130 valence electrons. The first-order valence-electron chi connectivity index (χ1n) is 7.78. The number of rotatable bonds is 5. The summed E-state index contributed by atoms with van der Waals surface area (Å²) in [6.07, 6.45) is 3.09. The van der Waals surface area contributed by atoms with Crippen LogP contribution < -0.4 is 20.1 Å². The first kappa shape index (κ1) is 19.6. The normalized spacial score (nSPS) is 21.7. The first-order valence-corrected chi connectivity index (χ1v) is 7.78. The maximum atomic E-state index is 12.6. The van der Waals surface area contributed by atoms with Crippen LogP contribution in [0.15, 0.2) is 18.2 Å². The molecule has 1 aromatic rings. The number of hydrogen-bond acceptors (Lipinski definition) is 4. The van der Waals surface area contributed by atoms with Crippen molar-refractivity contribution in [2.75, 3.05) is 20.8 Å². The van der Waals surface area contributed by atoms with Gasteiger partial charge in [0.25, 0.3) is 0 Å². The number of hydrogen-bond donors (Lipinski definition) is 2. The van der Waals surface area contributed by atoms with E-state index >= 15 is 0 Å². The van der Waals surface area contributed by atoms with Crippen molar-refractivity contribution in [3.05, 3.63) is 23.8 Å². The molecule has 1 aliphatic rings. The van der Waals surface area contributed by atoms with Gasteiger partial charge in [-0.05, 0) is 57.4 Å². The number of methoxy groups -OCH3 is 2. The van der Waals surface area contributed by atoms with E-state index < -0.39 is 5.54 Å². The Morgan fingerprint density at radius 3 is 2.52 bits per heavy atom. The van der Waals surface area contributed by atoms with Gasteiger partial charge < -0.3 is 20.1 Å². The molecule has 2 N–H and O–H groups in total. The third-order valence-electron chi connectivity index (χ3n) is 4.38. The van der Waals surface area contributed by atoms with Crippen LogP contribution in [-0.4, -0.2) is 32.2 Å². The number of halogens is 1. The number of ether oxygens (including phenoxy) is 2. The lowest BCUT2D eigenvalue weighted by molar-refractivity contribution is -0.128. The minimum Gasteiger partial charge on any atom is -0.493 e. The van der Waals surface area contributed by atoms with Crippen molar-refractivity contribution in [2.24, 2.45) is 0 Å². The molecule has 2 unspecified atom stereocenters. The Bertz CT molecular complexity index is 531. The molecule has 23 heavy (non-hydrogen) atoms. The van der Waals surface area contributed by atoms with Crippen molar-refractivity contribution < 1.29 is 14.3 Å². The van der Waals surface area contributed by atoms with Crippen LogP contribution in [0.3, 0.4) is 0 Å². The number of carbonyl (C=O) groups is 1. The molecule has 2 atom stereocenters. The van der Waals surface area contributed by atoms with Gasteiger partial charge in [-0.25, -0.2) is 0 Å². The van der Waals surface area contributed by atoms with Gasteiger partial charge in [-0.2, -0.15) is 0 Å². The summed E-state index contributed by atoms with van der Waals surface area (Å²) >= 11 is 0. The summed E-state index contributed by atoms with van der Waals surface area (Å²) < 4.78 is 10.6. The molecule has 1 heterocycles. The molecule has 0 aliphatic carbocycles. The summed E-state index contributed by atoms with van der Waals surface area (Å²) in [5, 5.41) is 6.43. The van der Waals surface area contributed by atoms with Crippen molar-refractivity contribution >= 4 is 18.3 Å². The maximum Gasteiger partial charge on any atom is 0.240 e. The summed E-state index contributed by atoms with van der Waals surface area (Å²) in [6, 6.07) is 5.62. The lowest BCUT2D eigenvalue weighted by Gasteiger charge is -2.34. The van der Waals surface area contributed by atoms with Crippen LogP contribution in [-0.2, 0) is 4.79 Å². The molecule has 0 bridgehead atoms. The van der Waals surface area contributed by atoms with E-state index in [1.807, 2.05) is 32.0 Å². The predicted molar refractivity (Wildman–Crippen MR) is 93.6 cm³/mol. The van der Waals surface area contributed by atoms with E-state index in [4.69, 9.17) is 9.47 Å². The van der Waals surface area contributed by atoms with E-state index in [-0.39, 0.29) is 24.4 Å². The molecule has 6 heteroatoms. The molecule has 1 fully saturated rings. The summed E-state index contributed by atoms with van der Waals surface area (Å²) in [4.78, 5) is 12.6. The molecular weight excluding hydrogens is 316 g/mol. The minimum absolute atomic E-state index is 0. The zero-order valence-corrected chi connectivity index (χ0v) is 15.1. The summed E-state index contributed by atoms with van der Waals surface area (Å²) in [5.74, 6) is 1.41. The molecule has 2 rings (SSSR count). The van der Waals surface area contributed by atoms with Crippen LogP contribution in [0.4, 0.5) is 0 Å². The molecule has 1 aromatic carbocycles. The monoisotopic (exact) mass is 342 g/mol. The molecule has 5 nitrogen and oxygen atoms in total. The summed E-state index contributed by atoms with van der Waals surface area (Å²) in [5.41, 5.74) is 0.522. The molecule has 0 aromatic heterocycles. The van der Waals surface area contributed by atoms with Gasteiger partial charge in [0.1, 0.15) is 0 Å². The van der Waals surface area contributed by atoms with E-state index in [2.05, 4.69) is 10.6 Å². The lowest BCUT2D eigenvalue weighted by atomic mass is 9.89. The Morgan fingerprint density at radius 1 is 1.26 bits per heavy atom. The fourth-order valence-corrected chi connectivity index (χ4v) is 2.81. The van der Waals surface area contributed by atoms with Gasteiger partial charge >= 0.3 is 0 Å². The first-order chi connectivity index (χ1) is 10.5. The van der Waals surface area contributed by atoms with Gasteiger partial charge in [-0.1, -0.05) is 6.07 Å². The minimum atomic E-state index is -0.469. The van der Waals surface area contributed by atoms with E-state index in [0.717, 1.165) is 31.4 Å². The van der Waals surface area contributed by atoms with Crippen molar-refractivity contribution in [2.45, 2.75) is 44.7 Å². The molecule has 0 saturated carbocycles. The largest absolute Gasteiger partial charge is 0.493 e. The SMILES string of the molecule is COc1ccc(C(C)NC(=O)C2(C)CCCCN2)cc1OC.Cl. The Labute approximate surface area is 144 Å². The molecule has 0 radical (unpaired) electrons. The fourth-order valence-electron chi connectivity index (χ4n) is 2.81. The number of piperidine rings is 1. The molecular formula is C17H27ClN2O3. The Morgan fingerprint density at radius 2 is 1.96 bits per heavy atom. The van der Waals surface area contributed by atoms with Crippen LogP contribution in [0.1, 0.15) is 44.7 Å². The summed E-state index contributed by atoms with van der Waals surface area (Å²) in [6.45, 7) is 4.85. The molecule has 1 amide bonds. The van der Waals surface area contributed by atoms with Gasteiger partial charge in [0.05, 0.1) is 25.8 Å². The van der Waals surface area contributed by atoms with E-state index in [1.165, 1.54) is 0 Å². The van der Waals surface area contributed by atoms with Crippen molar-refractivity contribution in [3.8, 4) is 11.5 Å². The molecule has 1 saturated heterocycles. The standard InChI is InChI=1S/C17H26N2O3.ClH/c1-12(13-7-8-14(21-3)15(11-13)22-4)19-16(20)17(2)9-5-6-10-18-17;/h7-8,11-12,18H,5-6,9-10H2,1-4H3,(H,19,20);1H. The molecule has 0 spiro atoms. The zero-order valence-electron chi connectivity index (χ0n) is 14.3. The van der Waals surface area contributed by atoms with Gasteiger partial charge in [-0.15, -0.1) is 12.4 Å². The average molecular weight is 343 g/mol. The second kappa shape index (κ2) is 8.41. The molecule has 1 aliphatic heterocycles. The van der Waals surface area contributed by atoms with Crippen molar-refractivity contribution in [3.63, 3.8) is 0 Å². The quantitative estimate of drug-likeness (QED) is 0.863. The van der Waals surface area contributed by atoms with Crippen molar-refractivity contribution in [1.82, 2.24) is 10.6 Å². The van der Waals surface area contributed by atoms with Gasteiger partial charge in [0.2, 0.25) is 5.91 Å². The zero-order chi connectivity index (χ0) is 16.2. The lowest BCUT2D eigenvalue weighted by Crippen LogP contribution is -2.57. The van der Waals surface area contributed by atoms with Crippen LogP contribution in [0, 0.1) is 0 Å². The van der Waals surface area contributed by atoms with E-state index in [0.29, 0.717) is 11.5 Å². The topological polar surface area (TPSA) is 59.6 Å². The summed E-state index contributed by atoms with van der Waals surface area (Å²) in [7, 11) is 3.22. The van der Waals surface area contributed by atoms with E-state index in [9.17, 15) is 4.79 Å². The highest BCUT2D eigenvalue weighted by molar-refractivity contribution is 5.86. The maximum absolute atomic E-state index is 12.6. The highest BCUT2D eigenvalue weighted by Crippen LogP contribution is 2.30. The third kappa shape index (κ3) is 4.52. The van der Waals surface area contributed by atoms with E-state index in [1.54, 1.807) is 14.2 Å². The van der Waals surface area contributed by atoms with Crippen LogP contribution in [0.5, 0.6) is 11.5 Å². The van der Waals surface area contributed by atoms with Gasteiger partial charge in [-0.3, -0.25) is 4.79 Å². The third-order valence-corrected chi connectivity index (χ3v) is 4.38. The highest BCUT2D eigenvalue weighted by atomic mass is 35.5.